The van der Waals surface area contributed by atoms with Crippen molar-refractivity contribution in [2.45, 2.75) is 6.92 Å². The molecule has 0 unspecified atom stereocenters. The lowest BCUT2D eigenvalue weighted by Gasteiger charge is -2.10. The molecule has 0 saturated carbocycles. The Morgan fingerprint density at radius 2 is 2.11 bits per heavy atom. The van der Waals surface area contributed by atoms with E-state index in [-0.39, 0.29) is 23.7 Å². The van der Waals surface area contributed by atoms with E-state index < -0.39 is 16.2 Å². The molecule has 19 heavy (non-hydrogen) atoms. The van der Waals surface area contributed by atoms with Crippen LogP contribution in [0.5, 0.6) is 0 Å². The van der Waals surface area contributed by atoms with Gasteiger partial charge in [0.25, 0.3) is 10.2 Å². The molecular formula is C10H16N2O5S2. The van der Waals surface area contributed by atoms with Gasteiger partial charge in [-0.1, -0.05) is 0 Å². The SMILES string of the molecule is COCCNS(=O)(=O)Nc1c(C)csc1C(=O)OC. The molecule has 0 fully saturated rings. The van der Waals surface area contributed by atoms with E-state index in [1.807, 2.05) is 0 Å². The molecule has 1 aromatic rings. The van der Waals surface area contributed by atoms with Crippen molar-refractivity contribution in [2.24, 2.45) is 0 Å². The molecule has 0 atom stereocenters. The third-order valence-corrected chi connectivity index (χ3v) is 4.32. The lowest BCUT2D eigenvalue weighted by molar-refractivity contribution is 0.0607. The van der Waals surface area contributed by atoms with Gasteiger partial charge in [0, 0.05) is 13.7 Å². The quantitative estimate of drug-likeness (QED) is 0.572. The average molecular weight is 308 g/mol. The van der Waals surface area contributed by atoms with Gasteiger partial charge < -0.3 is 9.47 Å². The second-order valence-electron chi connectivity index (χ2n) is 3.61. The smallest absolute Gasteiger partial charge is 0.350 e. The number of methoxy groups -OCH3 is 2. The van der Waals surface area contributed by atoms with Crippen molar-refractivity contribution in [3.8, 4) is 0 Å². The van der Waals surface area contributed by atoms with Crippen molar-refractivity contribution in [1.29, 1.82) is 0 Å². The Labute approximate surface area is 116 Å². The molecule has 0 radical (unpaired) electrons. The molecule has 108 valence electrons. The number of nitrogens with one attached hydrogen (secondary N) is 2. The molecule has 9 heteroatoms. The van der Waals surface area contributed by atoms with Gasteiger partial charge in [0.1, 0.15) is 4.88 Å². The van der Waals surface area contributed by atoms with Crippen LogP contribution in [0.3, 0.4) is 0 Å². The molecule has 2 N–H and O–H groups in total. The van der Waals surface area contributed by atoms with Gasteiger partial charge in [-0.15, -0.1) is 11.3 Å². The Hall–Kier alpha value is -1.16. The maximum Gasteiger partial charge on any atom is 0.350 e. The predicted molar refractivity (Wildman–Crippen MR) is 72.8 cm³/mol. The van der Waals surface area contributed by atoms with E-state index >= 15 is 0 Å². The van der Waals surface area contributed by atoms with Crippen molar-refractivity contribution < 1.29 is 22.7 Å². The second kappa shape index (κ2) is 6.85. The van der Waals surface area contributed by atoms with Crippen LogP contribution in [0.25, 0.3) is 0 Å². The van der Waals surface area contributed by atoms with E-state index in [9.17, 15) is 13.2 Å². The normalized spacial score (nSPS) is 11.3. The summed E-state index contributed by atoms with van der Waals surface area (Å²) in [5.74, 6) is -0.576. The van der Waals surface area contributed by atoms with Crippen LogP contribution in [0.15, 0.2) is 5.38 Å². The van der Waals surface area contributed by atoms with Crippen LogP contribution in [0, 0.1) is 6.92 Å². The summed E-state index contributed by atoms with van der Waals surface area (Å²) in [7, 11) is -1.03. The molecule has 1 rings (SSSR count). The van der Waals surface area contributed by atoms with E-state index in [1.165, 1.54) is 14.2 Å². The first-order chi connectivity index (χ1) is 8.91. The van der Waals surface area contributed by atoms with Crippen LogP contribution in [-0.2, 0) is 19.7 Å². The minimum Gasteiger partial charge on any atom is -0.465 e. The van der Waals surface area contributed by atoms with E-state index in [0.717, 1.165) is 11.3 Å². The summed E-state index contributed by atoms with van der Waals surface area (Å²) in [6.45, 7) is 2.10. The predicted octanol–water partition coefficient (Wildman–Crippen LogP) is 0.736. The fourth-order valence-electron chi connectivity index (χ4n) is 1.26. The number of thiophene rings is 1. The van der Waals surface area contributed by atoms with Gasteiger partial charge in [-0.3, -0.25) is 4.72 Å². The largest absolute Gasteiger partial charge is 0.465 e. The molecule has 0 saturated heterocycles. The molecule has 7 nitrogen and oxygen atoms in total. The van der Waals surface area contributed by atoms with Crippen molar-refractivity contribution in [3.63, 3.8) is 0 Å². The first-order valence-electron chi connectivity index (χ1n) is 5.34. The number of hydrogen-bond acceptors (Lipinski definition) is 6. The number of carbonyl (C=O) groups is 1. The van der Waals surface area contributed by atoms with Gasteiger partial charge in [0.2, 0.25) is 0 Å². The van der Waals surface area contributed by atoms with Crippen LogP contribution >= 0.6 is 11.3 Å². The number of ether oxygens (including phenoxy) is 2. The van der Waals surface area contributed by atoms with Gasteiger partial charge in [-0.05, 0) is 17.9 Å². The third-order valence-electron chi connectivity index (χ3n) is 2.18. The molecule has 0 amide bonds. The fraction of sp³-hybridized carbons (Fsp3) is 0.500. The first-order valence-corrected chi connectivity index (χ1v) is 7.70. The minimum absolute atomic E-state index is 0.141. The highest BCUT2D eigenvalue weighted by Crippen LogP contribution is 2.28. The highest BCUT2D eigenvalue weighted by atomic mass is 32.2. The number of rotatable bonds is 7. The zero-order valence-corrected chi connectivity index (χ0v) is 12.5. The molecule has 1 aromatic heterocycles. The maximum atomic E-state index is 11.8. The summed E-state index contributed by atoms with van der Waals surface area (Å²) in [4.78, 5) is 11.7. The summed E-state index contributed by atoms with van der Waals surface area (Å²) >= 11 is 1.12. The van der Waals surface area contributed by atoms with E-state index in [1.54, 1.807) is 12.3 Å². The third kappa shape index (κ3) is 4.46. The van der Waals surface area contributed by atoms with Crippen LogP contribution in [0.2, 0.25) is 0 Å². The van der Waals surface area contributed by atoms with Crippen molar-refractivity contribution in [1.82, 2.24) is 4.72 Å². The zero-order valence-electron chi connectivity index (χ0n) is 10.8. The molecule has 0 bridgehead atoms. The summed E-state index contributed by atoms with van der Waals surface area (Å²) in [6, 6.07) is 0. The lowest BCUT2D eigenvalue weighted by Crippen LogP contribution is -2.33. The maximum absolute atomic E-state index is 11.8. The van der Waals surface area contributed by atoms with Gasteiger partial charge in [-0.25, -0.2) is 4.79 Å². The van der Waals surface area contributed by atoms with Gasteiger partial charge in [0.05, 0.1) is 19.4 Å². The Bertz CT molecular complexity index is 538. The Kier molecular flexibility index (Phi) is 5.73. The topological polar surface area (TPSA) is 93.7 Å². The highest BCUT2D eigenvalue weighted by Gasteiger charge is 2.20. The molecule has 0 spiro atoms. The van der Waals surface area contributed by atoms with Gasteiger partial charge in [-0.2, -0.15) is 13.1 Å². The summed E-state index contributed by atoms with van der Waals surface area (Å²) in [5, 5.41) is 1.68. The molecule has 1 heterocycles. The molecule has 0 aromatic carbocycles. The number of aryl methyl sites for hydroxylation is 1. The van der Waals surface area contributed by atoms with Gasteiger partial charge in [0.15, 0.2) is 0 Å². The van der Waals surface area contributed by atoms with Crippen molar-refractivity contribution in [2.75, 3.05) is 32.1 Å². The van der Waals surface area contributed by atoms with E-state index in [0.29, 0.717) is 5.56 Å². The van der Waals surface area contributed by atoms with Crippen LogP contribution in [0.1, 0.15) is 15.2 Å². The summed E-state index contributed by atoms with van der Waals surface area (Å²) in [5.41, 5.74) is 0.893. The van der Waals surface area contributed by atoms with Gasteiger partial charge >= 0.3 is 5.97 Å². The number of anilines is 1. The monoisotopic (exact) mass is 308 g/mol. The average Bonchev–Trinajstić information content (AvgIpc) is 2.70. The van der Waals surface area contributed by atoms with E-state index in [2.05, 4.69) is 14.2 Å². The fourth-order valence-corrected chi connectivity index (χ4v) is 3.21. The molecule has 0 aliphatic rings. The summed E-state index contributed by atoms with van der Waals surface area (Å²) in [6.07, 6.45) is 0. The highest BCUT2D eigenvalue weighted by molar-refractivity contribution is 7.90. The number of carbonyl (C=O) groups excluding carboxylic acids is 1. The van der Waals surface area contributed by atoms with Crippen molar-refractivity contribution >= 4 is 33.2 Å². The lowest BCUT2D eigenvalue weighted by atomic mass is 10.3. The number of hydrogen-bond donors (Lipinski definition) is 2. The van der Waals surface area contributed by atoms with Crippen molar-refractivity contribution in [3.05, 3.63) is 15.8 Å². The molecule has 0 aliphatic carbocycles. The van der Waals surface area contributed by atoms with E-state index in [4.69, 9.17) is 4.74 Å². The second-order valence-corrected chi connectivity index (χ2v) is 5.99. The Morgan fingerprint density at radius 1 is 1.42 bits per heavy atom. The molecular weight excluding hydrogens is 292 g/mol. The number of esters is 1. The van der Waals surface area contributed by atoms with Crippen LogP contribution in [-0.4, -0.2) is 41.8 Å². The van der Waals surface area contributed by atoms with Crippen LogP contribution in [0.4, 0.5) is 5.69 Å². The van der Waals surface area contributed by atoms with Crippen LogP contribution < -0.4 is 9.44 Å². The Morgan fingerprint density at radius 3 is 2.68 bits per heavy atom. The first kappa shape index (κ1) is 15.9. The minimum atomic E-state index is -3.74. The standard InChI is InChI=1S/C10H16N2O5S2/c1-7-6-18-9(10(13)17-3)8(7)12-19(14,15)11-4-5-16-2/h6,11-12H,4-5H2,1-3H3. The summed E-state index contributed by atoms with van der Waals surface area (Å²) < 4.78 is 37.5. The Balaban J connectivity index is 2.87. The molecule has 0 aliphatic heterocycles. The zero-order chi connectivity index (χ0) is 14.5.